The van der Waals surface area contributed by atoms with E-state index in [-0.39, 0.29) is 17.7 Å². The number of nitrogens with one attached hydrogen (secondary N) is 2. The summed E-state index contributed by atoms with van der Waals surface area (Å²) in [5.74, 6) is -0.704. The zero-order chi connectivity index (χ0) is 14.0. The van der Waals surface area contributed by atoms with Crippen molar-refractivity contribution in [1.82, 2.24) is 4.98 Å². The summed E-state index contributed by atoms with van der Waals surface area (Å²) in [6, 6.07) is 4.98. The first-order valence-electron chi connectivity index (χ1n) is 6.15. The number of nitrogens with two attached hydrogens (primary N) is 1. The Bertz CT molecular complexity index is 642. The van der Waals surface area contributed by atoms with Crippen LogP contribution < -0.4 is 16.8 Å². The highest BCUT2D eigenvalue weighted by molar-refractivity contribution is 5.94. The van der Waals surface area contributed by atoms with Gasteiger partial charge in [-0.1, -0.05) is 13.8 Å². The van der Waals surface area contributed by atoms with Gasteiger partial charge in [-0.15, -0.1) is 0 Å². The molecule has 0 bridgehead atoms. The van der Waals surface area contributed by atoms with E-state index < -0.39 is 5.76 Å². The van der Waals surface area contributed by atoms with Gasteiger partial charge in [0.05, 0.1) is 11.4 Å². The van der Waals surface area contributed by atoms with Gasteiger partial charge in [0.25, 0.3) is 0 Å². The molecule has 0 radical (unpaired) electrons. The second kappa shape index (κ2) is 5.27. The van der Waals surface area contributed by atoms with E-state index in [2.05, 4.69) is 10.3 Å². The number of fused-ring (bicyclic) bond motifs is 1. The van der Waals surface area contributed by atoms with Crippen molar-refractivity contribution in [3.8, 4) is 0 Å². The van der Waals surface area contributed by atoms with Gasteiger partial charge in [-0.3, -0.25) is 9.78 Å². The van der Waals surface area contributed by atoms with Crippen molar-refractivity contribution >= 4 is 22.7 Å². The Balaban J connectivity index is 2.21. The summed E-state index contributed by atoms with van der Waals surface area (Å²) in [7, 11) is 0. The predicted octanol–water partition coefficient (Wildman–Crippen LogP) is 1.29. The SMILES string of the molecule is CC(C)C(CN)C(=O)Nc1ccc2oc(=O)[nH]c2c1. The van der Waals surface area contributed by atoms with E-state index in [0.29, 0.717) is 23.3 Å². The van der Waals surface area contributed by atoms with Gasteiger partial charge in [-0.2, -0.15) is 0 Å². The van der Waals surface area contributed by atoms with Crippen LogP contribution in [0.2, 0.25) is 0 Å². The largest absolute Gasteiger partial charge is 0.417 e. The number of hydrogen-bond acceptors (Lipinski definition) is 4. The maximum absolute atomic E-state index is 12.0. The molecule has 102 valence electrons. The van der Waals surface area contributed by atoms with Crippen molar-refractivity contribution in [2.24, 2.45) is 17.6 Å². The van der Waals surface area contributed by atoms with Crippen LogP contribution in [0.15, 0.2) is 27.4 Å². The summed E-state index contributed by atoms with van der Waals surface area (Å²) in [6.07, 6.45) is 0. The lowest BCUT2D eigenvalue weighted by atomic mass is 9.95. The standard InChI is InChI=1S/C13H17N3O3/c1-7(2)9(6-14)12(17)15-8-3-4-11-10(5-8)16-13(18)19-11/h3-5,7,9H,6,14H2,1-2H3,(H,15,17)(H,16,18). The number of H-pyrrole nitrogens is 1. The maximum atomic E-state index is 12.0. The molecule has 0 aliphatic heterocycles. The first-order valence-corrected chi connectivity index (χ1v) is 6.15. The number of aromatic amines is 1. The highest BCUT2D eigenvalue weighted by atomic mass is 16.4. The summed E-state index contributed by atoms with van der Waals surface area (Å²) < 4.78 is 4.89. The number of benzene rings is 1. The van der Waals surface area contributed by atoms with Gasteiger partial charge in [-0.25, -0.2) is 4.79 Å². The third kappa shape index (κ3) is 2.85. The Morgan fingerprint density at radius 1 is 1.47 bits per heavy atom. The van der Waals surface area contributed by atoms with Gasteiger partial charge < -0.3 is 15.5 Å². The molecule has 4 N–H and O–H groups in total. The fraction of sp³-hybridized carbons (Fsp3) is 0.385. The normalized spacial score (nSPS) is 12.8. The summed E-state index contributed by atoms with van der Waals surface area (Å²) in [5, 5.41) is 2.79. The molecule has 2 aromatic rings. The fourth-order valence-corrected chi connectivity index (χ4v) is 1.95. The molecule has 1 heterocycles. The number of rotatable bonds is 4. The van der Waals surface area contributed by atoms with E-state index in [0.717, 1.165) is 0 Å². The van der Waals surface area contributed by atoms with E-state index in [1.165, 1.54) is 0 Å². The molecule has 1 aromatic carbocycles. The highest BCUT2D eigenvalue weighted by Gasteiger charge is 2.20. The molecule has 6 heteroatoms. The van der Waals surface area contributed by atoms with Gasteiger partial charge in [-0.05, 0) is 24.1 Å². The minimum atomic E-state index is -0.513. The molecule has 1 atom stereocenters. The molecule has 0 fully saturated rings. The number of anilines is 1. The van der Waals surface area contributed by atoms with Crippen LogP contribution in [0.5, 0.6) is 0 Å². The Labute approximate surface area is 110 Å². The molecular formula is C13H17N3O3. The zero-order valence-electron chi connectivity index (χ0n) is 10.9. The van der Waals surface area contributed by atoms with E-state index in [9.17, 15) is 9.59 Å². The predicted molar refractivity (Wildman–Crippen MR) is 72.8 cm³/mol. The lowest BCUT2D eigenvalue weighted by Gasteiger charge is -2.18. The number of aromatic nitrogens is 1. The second-order valence-corrected chi connectivity index (χ2v) is 4.80. The molecule has 0 saturated carbocycles. The van der Waals surface area contributed by atoms with Crippen LogP contribution in [0.4, 0.5) is 5.69 Å². The first-order chi connectivity index (χ1) is 9.01. The molecule has 0 aliphatic rings. The fourth-order valence-electron chi connectivity index (χ4n) is 1.95. The molecule has 19 heavy (non-hydrogen) atoms. The van der Waals surface area contributed by atoms with Crippen molar-refractivity contribution in [1.29, 1.82) is 0 Å². The van der Waals surface area contributed by atoms with Crippen LogP contribution in [0, 0.1) is 11.8 Å². The second-order valence-electron chi connectivity index (χ2n) is 4.80. The van der Waals surface area contributed by atoms with Gasteiger partial charge in [0, 0.05) is 12.2 Å². The average molecular weight is 263 g/mol. The van der Waals surface area contributed by atoms with E-state index in [1.54, 1.807) is 18.2 Å². The smallest absolute Gasteiger partial charge is 0.408 e. The summed E-state index contributed by atoms with van der Waals surface area (Å²) in [5.41, 5.74) is 7.22. The van der Waals surface area contributed by atoms with Crippen LogP contribution >= 0.6 is 0 Å². The summed E-state index contributed by atoms with van der Waals surface area (Å²) in [4.78, 5) is 25.6. The van der Waals surface area contributed by atoms with E-state index in [1.807, 2.05) is 13.8 Å². The van der Waals surface area contributed by atoms with Gasteiger partial charge in [0.2, 0.25) is 5.91 Å². The summed E-state index contributed by atoms with van der Waals surface area (Å²) >= 11 is 0. The van der Waals surface area contributed by atoms with Gasteiger partial charge in [0.15, 0.2) is 5.58 Å². The molecule has 0 spiro atoms. The molecule has 1 amide bonds. The number of oxazole rings is 1. The topological polar surface area (TPSA) is 101 Å². The molecular weight excluding hydrogens is 246 g/mol. The Morgan fingerprint density at radius 2 is 2.21 bits per heavy atom. The zero-order valence-corrected chi connectivity index (χ0v) is 10.9. The van der Waals surface area contributed by atoms with Crippen molar-refractivity contribution < 1.29 is 9.21 Å². The van der Waals surface area contributed by atoms with Crippen LogP contribution in [0.3, 0.4) is 0 Å². The number of carbonyl (C=O) groups is 1. The number of carbonyl (C=O) groups excluding carboxylic acids is 1. The van der Waals surface area contributed by atoms with Crippen LogP contribution in [-0.4, -0.2) is 17.4 Å². The molecule has 1 aromatic heterocycles. The van der Waals surface area contributed by atoms with Crippen molar-refractivity contribution in [2.45, 2.75) is 13.8 Å². The third-order valence-corrected chi connectivity index (χ3v) is 3.08. The van der Waals surface area contributed by atoms with E-state index in [4.69, 9.17) is 10.2 Å². The van der Waals surface area contributed by atoms with Gasteiger partial charge in [0.1, 0.15) is 0 Å². The molecule has 6 nitrogen and oxygen atoms in total. The van der Waals surface area contributed by atoms with Crippen molar-refractivity contribution in [3.05, 3.63) is 28.7 Å². The maximum Gasteiger partial charge on any atom is 0.417 e. The molecule has 1 unspecified atom stereocenters. The van der Waals surface area contributed by atoms with Crippen LogP contribution in [0.1, 0.15) is 13.8 Å². The minimum absolute atomic E-state index is 0.123. The first kappa shape index (κ1) is 13.4. The average Bonchev–Trinajstić information content (AvgIpc) is 2.68. The Morgan fingerprint density at radius 3 is 2.84 bits per heavy atom. The highest BCUT2D eigenvalue weighted by Crippen LogP contribution is 2.18. The molecule has 2 rings (SSSR count). The summed E-state index contributed by atoms with van der Waals surface area (Å²) in [6.45, 7) is 4.20. The molecule has 0 saturated heterocycles. The third-order valence-electron chi connectivity index (χ3n) is 3.08. The Kier molecular flexibility index (Phi) is 3.71. The van der Waals surface area contributed by atoms with Crippen molar-refractivity contribution in [2.75, 3.05) is 11.9 Å². The molecule has 0 aliphatic carbocycles. The lowest BCUT2D eigenvalue weighted by molar-refractivity contribution is -0.120. The monoisotopic (exact) mass is 263 g/mol. The van der Waals surface area contributed by atoms with Crippen molar-refractivity contribution in [3.63, 3.8) is 0 Å². The van der Waals surface area contributed by atoms with Gasteiger partial charge >= 0.3 is 5.76 Å². The number of hydrogen-bond donors (Lipinski definition) is 3. The quantitative estimate of drug-likeness (QED) is 0.773. The Hall–Kier alpha value is -2.08. The lowest BCUT2D eigenvalue weighted by Crippen LogP contribution is -2.33. The van der Waals surface area contributed by atoms with E-state index >= 15 is 0 Å². The van der Waals surface area contributed by atoms with Crippen LogP contribution in [0.25, 0.3) is 11.1 Å². The minimum Gasteiger partial charge on any atom is -0.408 e. The van der Waals surface area contributed by atoms with Crippen LogP contribution in [-0.2, 0) is 4.79 Å². The number of amides is 1.